The maximum Gasteiger partial charge on any atom is 0.335 e. The number of carboxylic acid groups (broad SMARTS) is 1. The molecule has 5 heteroatoms. The van der Waals surface area contributed by atoms with Gasteiger partial charge < -0.3 is 5.11 Å². The second-order valence-electron chi connectivity index (χ2n) is 3.38. The van der Waals surface area contributed by atoms with E-state index in [1.54, 1.807) is 18.2 Å². The smallest absolute Gasteiger partial charge is 0.335 e. The third-order valence-electron chi connectivity index (χ3n) is 2.16. The van der Waals surface area contributed by atoms with Crippen LogP contribution in [0.15, 0.2) is 36.4 Å². The number of nitrogens with zero attached hydrogens (tertiary/aromatic N) is 1. The lowest BCUT2D eigenvalue weighted by molar-refractivity contribution is 0.0696. The molecule has 0 fully saturated rings. The van der Waals surface area contributed by atoms with Crippen LogP contribution in [0.5, 0.6) is 0 Å². The monoisotopic (exact) mass is 251 g/mol. The van der Waals surface area contributed by atoms with E-state index in [4.69, 9.17) is 16.7 Å². The first-order valence-electron chi connectivity index (χ1n) is 4.73. The third kappa shape index (κ3) is 2.60. The van der Waals surface area contributed by atoms with Crippen LogP contribution in [0.1, 0.15) is 10.4 Å². The Hall–Kier alpha value is -1.94. The van der Waals surface area contributed by atoms with Crippen LogP contribution in [-0.2, 0) is 0 Å². The lowest BCUT2D eigenvalue weighted by atomic mass is 10.1. The zero-order chi connectivity index (χ0) is 12.4. The summed E-state index contributed by atoms with van der Waals surface area (Å²) in [5.74, 6) is -1.81. The number of carboxylic acids is 1. The average molecular weight is 252 g/mol. The summed E-state index contributed by atoms with van der Waals surface area (Å²) in [6.07, 6.45) is 0. The molecule has 0 unspecified atom stereocenters. The second-order valence-corrected chi connectivity index (χ2v) is 3.77. The van der Waals surface area contributed by atoms with Crippen molar-refractivity contribution in [3.63, 3.8) is 0 Å². The summed E-state index contributed by atoms with van der Waals surface area (Å²) in [6, 6.07) is 8.40. The Bertz CT molecular complexity index is 586. The molecular formula is C12H7ClFNO2. The Morgan fingerprint density at radius 1 is 1.29 bits per heavy atom. The van der Waals surface area contributed by atoms with Crippen LogP contribution in [0.3, 0.4) is 0 Å². The highest BCUT2D eigenvalue weighted by Crippen LogP contribution is 2.21. The highest BCUT2D eigenvalue weighted by molar-refractivity contribution is 6.29. The van der Waals surface area contributed by atoms with Crippen LogP contribution < -0.4 is 0 Å². The maximum atomic E-state index is 13.3. The number of aromatic carboxylic acids is 1. The van der Waals surface area contributed by atoms with E-state index in [9.17, 15) is 9.18 Å². The van der Waals surface area contributed by atoms with Crippen LogP contribution in [0, 0.1) is 5.82 Å². The number of hydrogen-bond acceptors (Lipinski definition) is 2. The molecule has 0 radical (unpaired) electrons. The van der Waals surface area contributed by atoms with Crippen LogP contribution >= 0.6 is 11.6 Å². The number of pyridine rings is 1. The van der Waals surface area contributed by atoms with Crippen LogP contribution in [0.4, 0.5) is 4.39 Å². The summed E-state index contributed by atoms with van der Waals surface area (Å²) in [5, 5.41) is 9.09. The minimum atomic E-state index is -1.19. The Kier molecular flexibility index (Phi) is 3.06. The van der Waals surface area contributed by atoms with Gasteiger partial charge in [-0.1, -0.05) is 17.7 Å². The lowest BCUT2D eigenvalue weighted by Gasteiger charge is -2.03. The van der Waals surface area contributed by atoms with Gasteiger partial charge in [-0.05, 0) is 30.3 Å². The average Bonchev–Trinajstić information content (AvgIpc) is 2.28. The number of halogens is 2. The van der Waals surface area contributed by atoms with Crippen molar-refractivity contribution in [3.05, 3.63) is 52.9 Å². The van der Waals surface area contributed by atoms with E-state index in [-0.39, 0.29) is 10.7 Å². The van der Waals surface area contributed by atoms with Gasteiger partial charge in [0.25, 0.3) is 0 Å². The normalized spacial score (nSPS) is 10.2. The highest BCUT2D eigenvalue weighted by Gasteiger charge is 2.09. The fraction of sp³-hybridized carbons (Fsp3) is 0. The Morgan fingerprint density at radius 3 is 2.71 bits per heavy atom. The Labute approximate surface area is 101 Å². The van der Waals surface area contributed by atoms with Crippen molar-refractivity contribution in [2.24, 2.45) is 0 Å². The summed E-state index contributed by atoms with van der Waals surface area (Å²) in [5.41, 5.74) is 0.686. The zero-order valence-electron chi connectivity index (χ0n) is 8.52. The molecule has 0 aliphatic carbocycles. The van der Waals surface area contributed by atoms with Crippen LogP contribution in [0.25, 0.3) is 11.3 Å². The molecule has 2 rings (SSSR count). The Balaban J connectivity index is 2.56. The SMILES string of the molecule is O=C(O)c1cc(F)cc(-c2cccc(Cl)n2)c1. The number of hydrogen-bond donors (Lipinski definition) is 1. The van der Waals surface area contributed by atoms with Crippen LogP contribution in [-0.4, -0.2) is 16.1 Å². The van der Waals surface area contributed by atoms with E-state index in [1.807, 2.05) is 0 Å². The molecule has 0 aliphatic heterocycles. The molecule has 1 N–H and O–H groups in total. The van der Waals surface area contributed by atoms with Crippen molar-refractivity contribution in [2.45, 2.75) is 0 Å². The van der Waals surface area contributed by atoms with Gasteiger partial charge in [-0.25, -0.2) is 14.2 Å². The predicted octanol–water partition coefficient (Wildman–Crippen LogP) is 3.24. The summed E-state index contributed by atoms with van der Waals surface area (Å²) in [4.78, 5) is 14.8. The highest BCUT2D eigenvalue weighted by atomic mass is 35.5. The molecule has 86 valence electrons. The quantitative estimate of drug-likeness (QED) is 0.834. The zero-order valence-corrected chi connectivity index (χ0v) is 9.28. The van der Waals surface area contributed by atoms with Crippen LogP contribution in [0.2, 0.25) is 5.15 Å². The van der Waals surface area contributed by atoms with Gasteiger partial charge in [-0.3, -0.25) is 0 Å². The fourth-order valence-corrected chi connectivity index (χ4v) is 1.59. The second kappa shape index (κ2) is 4.51. The Morgan fingerprint density at radius 2 is 2.06 bits per heavy atom. The molecule has 0 saturated carbocycles. The van der Waals surface area contributed by atoms with Gasteiger partial charge in [0, 0.05) is 5.56 Å². The van der Waals surface area contributed by atoms with E-state index in [2.05, 4.69) is 4.98 Å². The molecule has 0 saturated heterocycles. The molecule has 0 bridgehead atoms. The van der Waals surface area contributed by atoms with Crippen molar-refractivity contribution in [3.8, 4) is 11.3 Å². The molecule has 0 spiro atoms. The minimum absolute atomic E-state index is 0.123. The molecule has 0 aliphatic rings. The number of carbonyl (C=O) groups is 1. The first-order valence-corrected chi connectivity index (χ1v) is 5.11. The lowest BCUT2D eigenvalue weighted by Crippen LogP contribution is -1.98. The molecule has 3 nitrogen and oxygen atoms in total. The molecule has 17 heavy (non-hydrogen) atoms. The minimum Gasteiger partial charge on any atom is -0.478 e. The number of rotatable bonds is 2. The predicted molar refractivity (Wildman–Crippen MR) is 61.6 cm³/mol. The van der Waals surface area contributed by atoms with Gasteiger partial charge in [0.2, 0.25) is 0 Å². The van der Waals surface area contributed by atoms with Crippen molar-refractivity contribution in [1.82, 2.24) is 4.98 Å². The molecule has 1 aromatic carbocycles. The van der Waals surface area contributed by atoms with E-state index in [0.29, 0.717) is 11.3 Å². The van der Waals surface area contributed by atoms with Gasteiger partial charge in [0.1, 0.15) is 11.0 Å². The molecule has 0 amide bonds. The molecular weight excluding hydrogens is 245 g/mol. The van der Waals surface area contributed by atoms with Crippen molar-refractivity contribution in [1.29, 1.82) is 0 Å². The van der Waals surface area contributed by atoms with E-state index in [1.165, 1.54) is 12.1 Å². The molecule has 2 aromatic rings. The van der Waals surface area contributed by atoms with Gasteiger partial charge in [0.15, 0.2) is 0 Å². The van der Waals surface area contributed by atoms with Gasteiger partial charge in [-0.2, -0.15) is 0 Å². The summed E-state index contributed by atoms with van der Waals surface area (Å²) < 4.78 is 13.3. The van der Waals surface area contributed by atoms with Crippen molar-refractivity contribution >= 4 is 17.6 Å². The first-order chi connectivity index (χ1) is 8.06. The molecule has 0 atom stereocenters. The third-order valence-corrected chi connectivity index (χ3v) is 2.37. The number of aromatic nitrogens is 1. The summed E-state index contributed by atoms with van der Waals surface area (Å²) >= 11 is 5.72. The van der Waals surface area contributed by atoms with Gasteiger partial charge >= 0.3 is 5.97 Å². The number of benzene rings is 1. The summed E-state index contributed by atoms with van der Waals surface area (Å²) in [7, 11) is 0. The van der Waals surface area contributed by atoms with E-state index in [0.717, 1.165) is 6.07 Å². The standard InChI is InChI=1S/C12H7ClFNO2/c13-11-3-1-2-10(15-11)7-4-8(12(16)17)6-9(14)5-7/h1-6H,(H,16,17). The van der Waals surface area contributed by atoms with Gasteiger partial charge in [-0.15, -0.1) is 0 Å². The summed E-state index contributed by atoms with van der Waals surface area (Å²) in [6.45, 7) is 0. The largest absolute Gasteiger partial charge is 0.478 e. The van der Waals surface area contributed by atoms with E-state index < -0.39 is 11.8 Å². The van der Waals surface area contributed by atoms with E-state index >= 15 is 0 Å². The molecule has 1 heterocycles. The first kappa shape index (κ1) is 11.5. The van der Waals surface area contributed by atoms with Crippen molar-refractivity contribution in [2.75, 3.05) is 0 Å². The van der Waals surface area contributed by atoms with Crippen molar-refractivity contribution < 1.29 is 14.3 Å². The maximum absolute atomic E-state index is 13.3. The van der Waals surface area contributed by atoms with Gasteiger partial charge in [0.05, 0.1) is 11.3 Å². The topological polar surface area (TPSA) is 50.2 Å². The molecule has 1 aromatic heterocycles. The fourth-order valence-electron chi connectivity index (χ4n) is 1.43.